The van der Waals surface area contributed by atoms with Crippen molar-refractivity contribution in [3.8, 4) is 6.07 Å². The minimum atomic E-state index is -0.405. The van der Waals surface area contributed by atoms with Gasteiger partial charge in [0.15, 0.2) is 0 Å². The van der Waals surface area contributed by atoms with Crippen LogP contribution in [0.2, 0.25) is 0 Å². The molecule has 0 spiro atoms. The molecule has 1 nitrogen and oxygen atoms in total. The summed E-state index contributed by atoms with van der Waals surface area (Å²) in [5, 5.41) is 10.9. The number of hydrogen-bond donors (Lipinski definition) is 0. The summed E-state index contributed by atoms with van der Waals surface area (Å²) in [6.45, 7) is 2.29. The Labute approximate surface area is 175 Å². The van der Waals surface area contributed by atoms with Gasteiger partial charge in [-0.25, -0.2) is 4.39 Å². The van der Waals surface area contributed by atoms with Crippen molar-refractivity contribution in [2.24, 2.45) is 17.8 Å². The van der Waals surface area contributed by atoms with E-state index >= 15 is 0 Å². The van der Waals surface area contributed by atoms with Crippen molar-refractivity contribution in [1.82, 2.24) is 0 Å². The van der Waals surface area contributed by atoms with E-state index in [2.05, 4.69) is 25.1 Å². The van der Waals surface area contributed by atoms with Gasteiger partial charge < -0.3 is 0 Å². The Morgan fingerprint density at radius 1 is 0.931 bits per heavy atom. The number of nitriles is 1. The molecule has 4 rings (SSSR count). The molecule has 2 heteroatoms. The third-order valence-electron chi connectivity index (χ3n) is 7.73. The van der Waals surface area contributed by atoms with E-state index in [4.69, 9.17) is 5.26 Å². The second-order valence-corrected chi connectivity index (χ2v) is 9.61. The highest BCUT2D eigenvalue weighted by Gasteiger charge is 2.35. The fourth-order valence-corrected chi connectivity index (χ4v) is 6.04. The molecule has 2 aliphatic carbocycles. The van der Waals surface area contributed by atoms with Gasteiger partial charge in [0.1, 0.15) is 11.9 Å². The number of nitrogens with zero attached hydrogens (tertiary/aromatic N) is 1. The molecule has 2 aromatic rings. The van der Waals surface area contributed by atoms with Gasteiger partial charge >= 0.3 is 0 Å². The number of unbranched alkanes of at least 4 members (excludes halogenated alkanes) is 3. The van der Waals surface area contributed by atoms with E-state index in [9.17, 15) is 4.39 Å². The predicted octanol–water partition coefficient (Wildman–Crippen LogP) is 8.12. The average Bonchev–Trinajstić information content (AvgIpc) is 2.75. The molecule has 0 aliphatic heterocycles. The van der Waals surface area contributed by atoms with Gasteiger partial charge in [0.2, 0.25) is 0 Å². The molecule has 0 heterocycles. The Balaban J connectivity index is 1.38. The van der Waals surface area contributed by atoms with Crippen LogP contribution in [0.25, 0.3) is 10.8 Å². The monoisotopic (exact) mass is 391 g/mol. The molecule has 29 heavy (non-hydrogen) atoms. The number of halogens is 1. The molecular weight excluding hydrogens is 357 g/mol. The van der Waals surface area contributed by atoms with Crippen molar-refractivity contribution in [3.05, 3.63) is 47.3 Å². The number of benzene rings is 2. The molecule has 0 N–H and O–H groups in total. The molecule has 2 unspecified atom stereocenters. The highest BCUT2D eigenvalue weighted by Crippen LogP contribution is 2.48. The van der Waals surface area contributed by atoms with Crippen LogP contribution in [-0.2, 0) is 0 Å². The number of fused-ring (bicyclic) bond motifs is 2. The lowest BCUT2D eigenvalue weighted by molar-refractivity contribution is 0.113. The summed E-state index contributed by atoms with van der Waals surface area (Å²) in [5.74, 6) is 3.00. The molecule has 2 saturated carbocycles. The van der Waals surface area contributed by atoms with E-state index in [0.29, 0.717) is 5.92 Å². The highest BCUT2D eigenvalue weighted by molar-refractivity contribution is 5.84. The first-order valence-corrected chi connectivity index (χ1v) is 11.8. The van der Waals surface area contributed by atoms with E-state index in [1.807, 2.05) is 6.07 Å². The van der Waals surface area contributed by atoms with Crippen LogP contribution in [0.5, 0.6) is 0 Å². The number of rotatable bonds is 6. The average molecular weight is 392 g/mol. The third kappa shape index (κ3) is 4.66. The first-order valence-electron chi connectivity index (χ1n) is 11.8. The summed E-state index contributed by atoms with van der Waals surface area (Å²) in [4.78, 5) is 0. The van der Waals surface area contributed by atoms with Crippen LogP contribution in [-0.4, -0.2) is 0 Å². The number of hydrogen-bond acceptors (Lipinski definition) is 1. The van der Waals surface area contributed by atoms with Crippen molar-refractivity contribution in [1.29, 1.82) is 5.26 Å². The zero-order chi connectivity index (χ0) is 20.2. The Bertz CT molecular complexity index is 880. The van der Waals surface area contributed by atoms with E-state index in [1.54, 1.807) is 6.07 Å². The summed E-state index contributed by atoms with van der Waals surface area (Å²) in [6, 6.07) is 11.6. The Morgan fingerprint density at radius 3 is 2.59 bits per heavy atom. The first-order chi connectivity index (χ1) is 14.2. The maximum atomic E-state index is 14.1. The van der Waals surface area contributed by atoms with Gasteiger partial charge in [0.05, 0.1) is 5.56 Å². The van der Waals surface area contributed by atoms with Crippen molar-refractivity contribution >= 4 is 10.8 Å². The van der Waals surface area contributed by atoms with Gasteiger partial charge in [-0.3, -0.25) is 0 Å². The Hall–Kier alpha value is -1.88. The zero-order valence-electron chi connectivity index (χ0n) is 17.8. The van der Waals surface area contributed by atoms with E-state index in [1.165, 1.54) is 82.3 Å². The molecule has 2 aliphatic rings. The minimum Gasteiger partial charge on any atom is -0.206 e. The summed E-state index contributed by atoms with van der Waals surface area (Å²) in [7, 11) is 0. The second-order valence-electron chi connectivity index (χ2n) is 9.61. The van der Waals surface area contributed by atoms with Crippen LogP contribution in [0.1, 0.15) is 94.6 Å². The molecule has 0 bridgehead atoms. The fourth-order valence-electron chi connectivity index (χ4n) is 6.04. The van der Waals surface area contributed by atoms with Crippen molar-refractivity contribution in [2.45, 2.75) is 83.5 Å². The molecule has 4 atom stereocenters. The summed E-state index contributed by atoms with van der Waals surface area (Å²) in [5.41, 5.74) is 1.50. The van der Waals surface area contributed by atoms with Crippen LogP contribution in [0.15, 0.2) is 30.3 Å². The lowest BCUT2D eigenvalue weighted by Gasteiger charge is -2.42. The summed E-state index contributed by atoms with van der Waals surface area (Å²) >= 11 is 0. The molecule has 2 fully saturated rings. The smallest absolute Gasteiger partial charge is 0.141 e. The molecule has 0 saturated heterocycles. The van der Waals surface area contributed by atoms with Crippen LogP contribution >= 0.6 is 0 Å². The van der Waals surface area contributed by atoms with Crippen molar-refractivity contribution < 1.29 is 4.39 Å². The van der Waals surface area contributed by atoms with Crippen LogP contribution in [0.3, 0.4) is 0 Å². The quantitative estimate of drug-likeness (QED) is 0.456. The minimum absolute atomic E-state index is 0.136. The van der Waals surface area contributed by atoms with Crippen LogP contribution in [0, 0.1) is 34.9 Å². The van der Waals surface area contributed by atoms with Gasteiger partial charge in [-0.15, -0.1) is 0 Å². The van der Waals surface area contributed by atoms with E-state index in [-0.39, 0.29) is 5.56 Å². The maximum Gasteiger partial charge on any atom is 0.141 e. The van der Waals surface area contributed by atoms with Crippen LogP contribution in [0.4, 0.5) is 4.39 Å². The SMILES string of the molecule is CCCCCC[C@@H]1CC[C@@H]2CC(c3ccc4cc(C#N)c(F)cc4c3)CCC2C1. The van der Waals surface area contributed by atoms with Gasteiger partial charge in [0.25, 0.3) is 0 Å². The molecule has 0 amide bonds. The molecule has 2 aromatic carbocycles. The maximum absolute atomic E-state index is 14.1. The van der Waals surface area contributed by atoms with Crippen molar-refractivity contribution in [3.63, 3.8) is 0 Å². The van der Waals surface area contributed by atoms with Crippen molar-refractivity contribution in [2.75, 3.05) is 0 Å². The topological polar surface area (TPSA) is 23.8 Å². The normalized spacial score (nSPS) is 26.8. The van der Waals surface area contributed by atoms with Crippen LogP contribution < -0.4 is 0 Å². The third-order valence-corrected chi connectivity index (χ3v) is 7.73. The van der Waals surface area contributed by atoms with E-state index in [0.717, 1.165) is 28.5 Å². The van der Waals surface area contributed by atoms with Gasteiger partial charge in [0, 0.05) is 0 Å². The predicted molar refractivity (Wildman–Crippen MR) is 118 cm³/mol. The molecular formula is C27H34FN. The largest absolute Gasteiger partial charge is 0.206 e. The van der Waals surface area contributed by atoms with Gasteiger partial charge in [-0.2, -0.15) is 5.26 Å². The first kappa shape index (κ1) is 20.4. The Kier molecular flexibility index (Phi) is 6.53. The molecule has 154 valence electrons. The standard InChI is InChI=1S/C27H34FN/c1-2-3-4-5-6-19-7-8-21-14-22(10-9-20(21)13-19)23-11-12-24-16-26(18-29)27(28)17-25(24)15-23/h11-12,15-17,19-22H,2-10,13-14H2,1H3/t19-,20?,21-,22?/m1/s1. The molecule has 0 aromatic heterocycles. The Morgan fingerprint density at radius 2 is 1.76 bits per heavy atom. The summed E-state index contributed by atoms with van der Waals surface area (Å²) < 4.78 is 14.1. The zero-order valence-corrected chi connectivity index (χ0v) is 17.8. The highest BCUT2D eigenvalue weighted by atomic mass is 19.1. The van der Waals surface area contributed by atoms with Gasteiger partial charge in [-0.1, -0.05) is 63.6 Å². The lowest BCUT2D eigenvalue weighted by atomic mass is 9.63. The fraction of sp³-hybridized carbons (Fsp3) is 0.593. The van der Waals surface area contributed by atoms with Gasteiger partial charge in [-0.05, 0) is 84.2 Å². The van der Waals surface area contributed by atoms with E-state index < -0.39 is 5.82 Å². The lowest BCUT2D eigenvalue weighted by Crippen LogP contribution is -2.30. The summed E-state index contributed by atoms with van der Waals surface area (Å²) in [6.07, 6.45) is 15.3. The second kappa shape index (κ2) is 9.29. The molecule has 0 radical (unpaired) electrons.